The first-order valence-electron chi connectivity index (χ1n) is 28.5. The van der Waals surface area contributed by atoms with Crippen molar-refractivity contribution in [3.63, 3.8) is 0 Å². The predicted octanol–water partition coefficient (Wildman–Crippen LogP) is 14.8. The Morgan fingerprint density at radius 1 is 0.872 bits per heavy atom. The van der Waals surface area contributed by atoms with E-state index in [0.29, 0.717) is 62.5 Å². The van der Waals surface area contributed by atoms with E-state index in [-0.39, 0.29) is 28.9 Å². The molecule has 438 valence electrons. The van der Waals surface area contributed by atoms with Crippen molar-refractivity contribution in [2.75, 3.05) is 42.6 Å². The highest BCUT2D eigenvalue weighted by Crippen LogP contribution is 2.54. The van der Waals surface area contributed by atoms with Crippen molar-refractivity contribution in [3.05, 3.63) is 176 Å². The topological polar surface area (TPSA) is 155 Å². The minimum Gasteiger partial charge on any atom is -0.380 e. The zero-order valence-corrected chi connectivity index (χ0v) is 52.4. The lowest BCUT2D eigenvalue weighted by molar-refractivity contribution is -0.681. The first-order chi connectivity index (χ1) is 41.8. The summed E-state index contributed by atoms with van der Waals surface area (Å²) in [5.41, 5.74) is 10.3. The predicted molar refractivity (Wildman–Crippen MR) is 346 cm³/mol. The van der Waals surface area contributed by atoms with Crippen LogP contribution in [0.1, 0.15) is 49.0 Å². The first-order valence-corrected chi connectivity index (χ1v) is 34.3. The van der Waals surface area contributed by atoms with Gasteiger partial charge in [0.2, 0.25) is 16.9 Å². The van der Waals surface area contributed by atoms with E-state index < -0.39 is 10.1 Å². The number of nitrogens with one attached hydrogen (secondary N) is 1. The third-order valence-corrected chi connectivity index (χ3v) is 23.0. The molecule has 14 nitrogen and oxygen atoms in total. The number of fused-ring (bicyclic) bond motifs is 13. The molecule has 14 rings (SSSR count). The molecule has 5 aliphatic heterocycles. The van der Waals surface area contributed by atoms with Crippen LogP contribution in [-0.2, 0) is 47.4 Å². The molecular weight excluding hydrogens is 1220 g/mol. The molecule has 0 radical (unpaired) electrons. The second-order valence-corrected chi connectivity index (χ2v) is 28.7. The summed E-state index contributed by atoms with van der Waals surface area (Å²) in [4.78, 5) is 21.4. The fraction of sp³-hybridized carbons (Fsp3) is 0.246. The molecular formula is C65H58ClN5O9S6+2. The van der Waals surface area contributed by atoms with Gasteiger partial charge < -0.3 is 24.6 Å². The number of aromatic nitrogens is 2. The van der Waals surface area contributed by atoms with Crippen LogP contribution in [0.2, 0.25) is 5.02 Å². The molecule has 86 heavy (non-hydrogen) atoms. The van der Waals surface area contributed by atoms with Crippen LogP contribution in [0.5, 0.6) is 0 Å². The third kappa shape index (κ3) is 11.3. The average molecular weight is 1280 g/mol. The van der Waals surface area contributed by atoms with Gasteiger partial charge in [-0.15, -0.1) is 4.33 Å². The van der Waals surface area contributed by atoms with Crippen LogP contribution in [0, 0.1) is 5.92 Å². The second-order valence-electron chi connectivity index (χ2n) is 21.9. The molecule has 0 spiro atoms. The summed E-state index contributed by atoms with van der Waals surface area (Å²) in [7, 11) is -2.25. The quantitative estimate of drug-likeness (QED) is 0.0186. The summed E-state index contributed by atoms with van der Waals surface area (Å²) in [6.07, 6.45) is 9.82. The number of halogens is 1. The minimum absolute atomic E-state index is 0.0140. The number of anilines is 2. The van der Waals surface area contributed by atoms with Crippen molar-refractivity contribution < 1.29 is 51.0 Å². The molecule has 0 bridgehead atoms. The van der Waals surface area contributed by atoms with E-state index >= 15 is 0 Å². The maximum absolute atomic E-state index is 13.8. The lowest BCUT2D eigenvalue weighted by Crippen LogP contribution is -2.52. The number of ether oxygens (including phenoxy) is 2. The van der Waals surface area contributed by atoms with E-state index in [2.05, 4.69) is 128 Å². The molecule has 7 heterocycles. The summed E-state index contributed by atoms with van der Waals surface area (Å²) in [6, 6.07) is 42.5. The number of carbonyl (C=O) groups excluding carboxylic acids is 1. The minimum atomic E-state index is -4.39. The maximum Gasteiger partial charge on any atom is 0.294 e. The second kappa shape index (κ2) is 24.1. The molecule has 3 N–H and O–H groups in total. The Kier molecular flexibility index (Phi) is 16.2. The van der Waals surface area contributed by atoms with E-state index in [4.69, 9.17) is 30.7 Å². The number of hydrogen-bond donors (Lipinski definition) is 3. The normalized spacial score (nSPS) is 18.7. The van der Waals surface area contributed by atoms with Gasteiger partial charge in [0.1, 0.15) is 16.4 Å². The number of carbonyl (C=O) groups is 1. The fourth-order valence-corrected chi connectivity index (χ4v) is 18.2. The fourth-order valence-electron chi connectivity index (χ4n) is 12.3. The highest BCUT2D eigenvalue weighted by molar-refractivity contribution is 8.04. The lowest BCUT2D eigenvalue weighted by Gasteiger charge is -2.41. The van der Waals surface area contributed by atoms with Gasteiger partial charge in [-0.3, -0.25) is 9.35 Å². The van der Waals surface area contributed by atoms with Crippen LogP contribution in [-0.4, -0.2) is 69.2 Å². The molecule has 3 unspecified atom stereocenters. The summed E-state index contributed by atoms with van der Waals surface area (Å²) < 4.78 is 59.3. The van der Waals surface area contributed by atoms with Crippen LogP contribution < -0.4 is 24.3 Å². The molecule has 9 aromatic rings. The zero-order valence-electron chi connectivity index (χ0n) is 46.7. The van der Waals surface area contributed by atoms with Gasteiger partial charge in [-0.25, -0.2) is 5.26 Å². The molecule has 0 saturated heterocycles. The van der Waals surface area contributed by atoms with Gasteiger partial charge in [-0.2, -0.15) is 17.6 Å². The molecule has 0 saturated carbocycles. The monoisotopic (exact) mass is 1280 g/mol. The summed E-state index contributed by atoms with van der Waals surface area (Å²) in [5.74, 6) is -0.0298. The number of thioether (sulfide) groups is 2. The molecule has 1 amide bonds. The average Bonchev–Trinajstić information content (AvgIpc) is 1.63. The zero-order chi connectivity index (χ0) is 58.8. The van der Waals surface area contributed by atoms with E-state index in [9.17, 15) is 17.8 Å². The molecule has 3 atom stereocenters. The Morgan fingerprint density at radius 2 is 1.72 bits per heavy atom. The summed E-state index contributed by atoms with van der Waals surface area (Å²) in [6.45, 7) is 5.75. The van der Waals surface area contributed by atoms with Gasteiger partial charge in [0.25, 0.3) is 20.1 Å². The largest absolute Gasteiger partial charge is 0.380 e. The number of hydrogen-bond acceptors (Lipinski definition) is 15. The van der Waals surface area contributed by atoms with Crippen LogP contribution in [0.25, 0.3) is 64.8 Å². The van der Waals surface area contributed by atoms with E-state index in [1.54, 1.807) is 52.3 Å². The molecule has 0 aliphatic carbocycles. The molecule has 21 heteroatoms. The number of allylic oxidation sites excluding steroid dienone is 2. The van der Waals surface area contributed by atoms with E-state index in [1.165, 1.54) is 44.1 Å². The highest BCUT2D eigenvalue weighted by atomic mass is 35.5. The van der Waals surface area contributed by atoms with Crippen LogP contribution in [0.15, 0.2) is 180 Å². The van der Waals surface area contributed by atoms with Gasteiger partial charge in [-0.05, 0) is 143 Å². The van der Waals surface area contributed by atoms with Gasteiger partial charge in [-0.1, -0.05) is 118 Å². The summed E-state index contributed by atoms with van der Waals surface area (Å²) in [5, 5.41) is 24.6. The maximum atomic E-state index is 13.8. The number of amides is 1. The van der Waals surface area contributed by atoms with Crippen molar-refractivity contribution in [1.82, 2.24) is 5.32 Å². The standard InChI is InChI=1S/C65H56ClN5O9S6/c1-3-38(26-61-68(2)51-30-40(12-17-56(51)81-61)39-8-5-4-6-9-39)27-62-69(54-35-46(66)14-18-57(54)82-62)23-25-77-24-7-21-67-60(72)19-13-43-37-71-53-32-42-11-16-48(86(74,75)76)29-45(42)34-59(53)84-65(71)50-36-49-55(78-63(43)50)20-22-70-52-31-41-10-15-47(85-80-79-73)28-44(41)33-58(52)83-64(49)70/h4-6,8-12,14-18,26-36,43,55,63H,3,7,13,19-25,37H2,1-2H3,(H-2,67,72,73,74,75,76)/p+2. The highest BCUT2D eigenvalue weighted by Gasteiger charge is 2.48. The van der Waals surface area contributed by atoms with E-state index in [1.807, 2.05) is 42.5 Å². The van der Waals surface area contributed by atoms with Gasteiger partial charge >= 0.3 is 0 Å². The van der Waals surface area contributed by atoms with Crippen LogP contribution in [0.3, 0.4) is 0 Å². The smallest absolute Gasteiger partial charge is 0.294 e. The van der Waals surface area contributed by atoms with Crippen molar-refractivity contribution in [3.8, 4) is 11.1 Å². The van der Waals surface area contributed by atoms with Crippen molar-refractivity contribution in [2.45, 2.75) is 77.4 Å². The number of nitrogens with zero attached hydrogens (tertiary/aromatic N) is 4. The lowest BCUT2D eigenvalue weighted by atomic mass is 9.84. The van der Waals surface area contributed by atoms with Crippen molar-refractivity contribution in [2.24, 2.45) is 13.0 Å². The molecule has 2 aromatic heterocycles. The van der Waals surface area contributed by atoms with Gasteiger partial charge in [0.15, 0.2) is 6.54 Å². The Hall–Kier alpha value is -6.08. The Balaban J connectivity index is 0.647. The van der Waals surface area contributed by atoms with Crippen LogP contribution in [0.4, 0.5) is 11.4 Å². The van der Waals surface area contributed by atoms with Crippen LogP contribution >= 0.6 is 69.8 Å². The molecule has 5 aliphatic rings. The van der Waals surface area contributed by atoms with Crippen molar-refractivity contribution >= 4 is 151 Å². The Labute approximate surface area is 523 Å². The van der Waals surface area contributed by atoms with Crippen molar-refractivity contribution in [1.29, 1.82) is 0 Å². The third-order valence-electron chi connectivity index (χ3n) is 16.6. The van der Waals surface area contributed by atoms with Gasteiger partial charge in [0, 0.05) is 82.1 Å². The number of benzene rings is 7. The Morgan fingerprint density at radius 3 is 2.57 bits per heavy atom. The number of thiazole rings is 2. The molecule has 0 fully saturated rings. The first kappa shape index (κ1) is 57.7. The number of rotatable bonds is 18. The molecule has 7 aromatic carbocycles. The van der Waals surface area contributed by atoms with E-state index in [0.717, 1.165) is 110 Å². The Bertz CT molecular complexity index is 4470. The summed E-state index contributed by atoms with van der Waals surface area (Å²) >= 11 is 14.5. The number of aryl methyl sites for hydroxylation is 1. The van der Waals surface area contributed by atoms with Gasteiger partial charge in [0.05, 0.1) is 62.8 Å². The SMILES string of the molecule is CCC(=Cc1sc2ccc(-c3ccccc3)cc2[n+]1C)C=C1Sc2ccc(Cl)cc2N1CCOCCCNC(=O)CCC1C[n+]2c(sc3cc4cc(S(=O)(=O)O)ccc4cc32)C2=CC3=C4Sc5cc6cc(SOOO)ccc6cc5N4CCC3OC21.